The van der Waals surface area contributed by atoms with E-state index in [1.165, 1.54) is 27.8 Å². The maximum absolute atomic E-state index is 2.29. The number of allylic oxidation sites excluding steroid dienone is 1. The zero-order valence-corrected chi connectivity index (χ0v) is 14.7. The smallest absolute Gasteiger partial charge is 0.00680 e. The summed E-state index contributed by atoms with van der Waals surface area (Å²) in [7, 11) is 0. The van der Waals surface area contributed by atoms with Gasteiger partial charge in [0.05, 0.1) is 0 Å². The molecule has 0 aliphatic carbocycles. The lowest BCUT2D eigenvalue weighted by Gasteiger charge is -2.28. The number of hydrogen-bond acceptors (Lipinski definition) is 0. The van der Waals surface area contributed by atoms with Crippen molar-refractivity contribution in [2.45, 2.75) is 20.8 Å². The van der Waals surface area contributed by atoms with E-state index in [0.717, 1.165) is 0 Å². The first-order valence-corrected chi connectivity index (χ1v) is 8.48. The van der Waals surface area contributed by atoms with Crippen LogP contribution in [0.15, 0.2) is 91.0 Å². The van der Waals surface area contributed by atoms with Crippen LogP contribution in [0.2, 0.25) is 0 Å². The Bertz CT molecular complexity index is 763. The summed E-state index contributed by atoms with van der Waals surface area (Å²) in [6.45, 7) is 6.88. The largest absolute Gasteiger partial charge is 0.0622 e. The molecule has 3 rings (SSSR count). The fourth-order valence-electron chi connectivity index (χ4n) is 3.22. The van der Waals surface area contributed by atoms with Gasteiger partial charge in [0, 0.05) is 0 Å². The summed E-state index contributed by atoms with van der Waals surface area (Å²) in [6.07, 6.45) is 0. The second-order valence-corrected chi connectivity index (χ2v) is 7.10. The summed E-state index contributed by atoms with van der Waals surface area (Å²) < 4.78 is 0. The normalized spacial score (nSPS) is 11.1. The molecule has 3 aromatic rings. The highest BCUT2D eigenvalue weighted by atomic mass is 14.3. The maximum Gasteiger partial charge on any atom is -0.00680 e. The topological polar surface area (TPSA) is 0 Å². The molecule has 0 saturated heterocycles. The van der Waals surface area contributed by atoms with E-state index in [1.54, 1.807) is 0 Å². The Labute approximate surface area is 145 Å². The van der Waals surface area contributed by atoms with Gasteiger partial charge in [-0.1, -0.05) is 112 Å². The molecule has 0 radical (unpaired) electrons. The van der Waals surface area contributed by atoms with Crippen molar-refractivity contribution >= 4 is 11.1 Å². The van der Waals surface area contributed by atoms with Crippen molar-refractivity contribution < 1.29 is 0 Å². The molecule has 0 bridgehead atoms. The summed E-state index contributed by atoms with van der Waals surface area (Å²) in [6, 6.07) is 32.2. The van der Waals surface area contributed by atoms with Crippen LogP contribution in [-0.2, 0) is 0 Å². The number of hydrogen-bond donors (Lipinski definition) is 0. The third kappa shape index (κ3) is 3.49. The lowest BCUT2D eigenvalue weighted by molar-refractivity contribution is 0.568. The van der Waals surface area contributed by atoms with Gasteiger partial charge in [-0.3, -0.25) is 0 Å². The van der Waals surface area contributed by atoms with Crippen LogP contribution >= 0.6 is 0 Å². The van der Waals surface area contributed by atoms with Crippen LogP contribution < -0.4 is 0 Å². The van der Waals surface area contributed by atoms with E-state index in [1.807, 2.05) is 0 Å². The molecule has 0 unspecified atom stereocenters. The zero-order chi connectivity index (χ0) is 17.0. The first-order chi connectivity index (χ1) is 11.6. The second kappa shape index (κ2) is 6.88. The Morgan fingerprint density at radius 2 is 0.833 bits per heavy atom. The molecule has 0 saturated carbocycles. The van der Waals surface area contributed by atoms with Gasteiger partial charge in [0.1, 0.15) is 0 Å². The van der Waals surface area contributed by atoms with E-state index in [0.29, 0.717) is 0 Å². The molecule has 0 spiro atoms. The van der Waals surface area contributed by atoms with Crippen molar-refractivity contribution in [1.82, 2.24) is 0 Å². The summed E-state index contributed by atoms with van der Waals surface area (Å²) in [4.78, 5) is 0. The fraction of sp³-hybridized carbons (Fsp3) is 0.167. The lowest BCUT2D eigenvalue weighted by atomic mass is 9.76. The molecule has 0 aliphatic rings. The van der Waals surface area contributed by atoms with E-state index >= 15 is 0 Å². The van der Waals surface area contributed by atoms with Crippen molar-refractivity contribution in [2.24, 2.45) is 5.41 Å². The molecule has 0 fully saturated rings. The SMILES string of the molecule is CC(C)(C)C(=C(c1ccccc1)c1ccccc1)c1ccccc1. The van der Waals surface area contributed by atoms with E-state index in [4.69, 9.17) is 0 Å². The molecule has 0 amide bonds. The molecule has 0 aromatic heterocycles. The Balaban J connectivity index is 2.37. The molecule has 0 N–H and O–H groups in total. The number of rotatable bonds is 3. The number of benzene rings is 3. The van der Waals surface area contributed by atoms with E-state index in [-0.39, 0.29) is 5.41 Å². The monoisotopic (exact) mass is 312 g/mol. The Hall–Kier alpha value is -2.60. The van der Waals surface area contributed by atoms with Gasteiger partial charge in [-0.2, -0.15) is 0 Å². The van der Waals surface area contributed by atoms with Gasteiger partial charge in [0.25, 0.3) is 0 Å². The lowest BCUT2D eigenvalue weighted by Crippen LogP contribution is -2.11. The molecule has 24 heavy (non-hydrogen) atoms. The van der Waals surface area contributed by atoms with Crippen LogP contribution in [0.25, 0.3) is 11.1 Å². The molecule has 0 aliphatic heterocycles. The fourth-order valence-corrected chi connectivity index (χ4v) is 3.22. The first kappa shape index (κ1) is 16.3. The van der Waals surface area contributed by atoms with Crippen LogP contribution in [0.5, 0.6) is 0 Å². The van der Waals surface area contributed by atoms with Crippen molar-refractivity contribution in [3.8, 4) is 0 Å². The van der Waals surface area contributed by atoms with Crippen LogP contribution in [-0.4, -0.2) is 0 Å². The van der Waals surface area contributed by atoms with E-state index in [9.17, 15) is 0 Å². The zero-order valence-electron chi connectivity index (χ0n) is 14.7. The third-order valence-corrected chi connectivity index (χ3v) is 4.19. The Kier molecular flexibility index (Phi) is 4.66. The van der Waals surface area contributed by atoms with Crippen LogP contribution in [0.3, 0.4) is 0 Å². The minimum Gasteiger partial charge on any atom is -0.0622 e. The molecule has 3 aromatic carbocycles. The van der Waals surface area contributed by atoms with Crippen LogP contribution in [0, 0.1) is 5.41 Å². The first-order valence-electron chi connectivity index (χ1n) is 8.48. The van der Waals surface area contributed by atoms with E-state index in [2.05, 4.69) is 112 Å². The van der Waals surface area contributed by atoms with Crippen molar-refractivity contribution in [1.29, 1.82) is 0 Å². The Morgan fingerprint density at radius 3 is 1.17 bits per heavy atom. The summed E-state index contributed by atoms with van der Waals surface area (Å²) in [5.41, 5.74) is 6.53. The van der Waals surface area contributed by atoms with Gasteiger partial charge < -0.3 is 0 Å². The average molecular weight is 312 g/mol. The van der Waals surface area contributed by atoms with Gasteiger partial charge in [-0.25, -0.2) is 0 Å². The summed E-state index contributed by atoms with van der Waals surface area (Å²) in [5, 5.41) is 0. The highest BCUT2D eigenvalue weighted by molar-refractivity contribution is 6.00. The van der Waals surface area contributed by atoms with Gasteiger partial charge in [0.15, 0.2) is 0 Å². The predicted octanol–water partition coefficient (Wildman–Crippen LogP) is 6.69. The third-order valence-electron chi connectivity index (χ3n) is 4.19. The molecular formula is C24H24. The molecule has 0 heteroatoms. The molecule has 0 nitrogen and oxygen atoms in total. The summed E-state index contributed by atoms with van der Waals surface area (Å²) in [5.74, 6) is 0. The van der Waals surface area contributed by atoms with E-state index < -0.39 is 0 Å². The van der Waals surface area contributed by atoms with Gasteiger partial charge in [-0.15, -0.1) is 0 Å². The van der Waals surface area contributed by atoms with Crippen molar-refractivity contribution in [3.05, 3.63) is 108 Å². The molecular weight excluding hydrogens is 288 g/mol. The van der Waals surface area contributed by atoms with Gasteiger partial charge in [-0.05, 0) is 33.3 Å². The van der Waals surface area contributed by atoms with Crippen molar-refractivity contribution in [2.75, 3.05) is 0 Å². The second-order valence-electron chi connectivity index (χ2n) is 7.10. The minimum atomic E-state index is 0.0301. The predicted molar refractivity (Wildman–Crippen MR) is 105 cm³/mol. The Morgan fingerprint density at radius 1 is 0.500 bits per heavy atom. The highest BCUT2D eigenvalue weighted by Crippen LogP contribution is 2.42. The maximum atomic E-state index is 2.29. The highest BCUT2D eigenvalue weighted by Gasteiger charge is 2.24. The standard InChI is InChI=1S/C24H24/c1-24(2,3)23(21-17-11-6-12-18-21)22(19-13-7-4-8-14-19)20-15-9-5-10-16-20/h4-18H,1-3H3. The van der Waals surface area contributed by atoms with Gasteiger partial charge >= 0.3 is 0 Å². The quantitative estimate of drug-likeness (QED) is 0.472. The molecule has 120 valence electrons. The van der Waals surface area contributed by atoms with Crippen LogP contribution in [0.4, 0.5) is 0 Å². The molecule has 0 atom stereocenters. The van der Waals surface area contributed by atoms with Gasteiger partial charge in [0.2, 0.25) is 0 Å². The van der Waals surface area contributed by atoms with Crippen LogP contribution in [0.1, 0.15) is 37.5 Å². The average Bonchev–Trinajstić information content (AvgIpc) is 2.61. The molecule has 0 heterocycles. The summed E-state index contributed by atoms with van der Waals surface area (Å²) >= 11 is 0. The minimum absolute atomic E-state index is 0.0301. The van der Waals surface area contributed by atoms with Crippen molar-refractivity contribution in [3.63, 3.8) is 0 Å².